The summed E-state index contributed by atoms with van der Waals surface area (Å²) in [5.41, 5.74) is 12.1. The van der Waals surface area contributed by atoms with Crippen LogP contribution in [0, 0.1) is 0 Å². The van der Waals surface area contributed by atoms with Crippen LogP contribution >= 0.6 is 0 Å². The lowest BCUT2D eigenvalue weighted by molar-refractivity contribution is 1.15. The van der Waals surface area contributed by atoms with E-state index in [-0.39, 0.29) is 0 Å². The van der Waals surface area contributed by atoms with E-state index in [0.29, 0.717) is 0 Å². The molecule has 0 atom stereocenters. The molecule has 37 heavy (non-hydrogen) atoms. The lowest BCUT2D eigenvalue weighted by Crippen LogP contribution is -2.08. The zero-order valence-electron chi connectivity index (χ0n) is 20.7. The smallest absolute Gasteiger partial charge is 0.0542 e. The van der Waals surface area contributed by atoms with Crippen LogP contribution in [0.5, 0.6) is 0 Å². The Kier molecular flexibility index (Phi) is 5.07. The number of nitrogens with one attached hydrogen (secondary N) is 2. The summed E-state index contributed by atoms with van der Waals surface area (Å²) in [5.74, 6) is 0. The van der Waals surface area contributed by atoms with E-state index >= 15 is 0 Å². The van der Waals surface area contributed by atoms with Crippen LogP contribution < -0.4 is 10.6 Å². The second-order valence-electron chi connectivity index (χ2n) is 9.59. The van der Waals surface area contributed by atoms with Crippen LogP contribution in [-0.2, 0) is 6.42 Å². The van der Waals surface area contributed by atoms with Gasteiger partial charge in [0.2, 0.25) is 0 Å². The van der Waals surface area contributed by atoms with Gasteiger partial charge in [-0.25, -0.2) is 0 Å². The maximum absolute atomic E-state index is 3.66. The largest absolute Gasteiger partial charge is 0.355 e. The summed E-state index contributed by atoms with van der Waals surface area (Å²) in [6.45, 7) is 2.07. The number of hydrogen-bond donors (Lipinski definition) is 2. The predicted octanol–water partition coefficient (Wildman–Crippen LogP) is 9.21. The molecule has 2 N–H and O–H groups in total. The highest BCUT2D eigenvalue weighted by molar-refractivity contribution is 6.10. The fourth-order valence-electron chi connectivity index (χ4n) is 5.59. The number of benzene rings is 5. The van der Waals surface area contributed by atoms with E-state index in [9.17, 15) is 0 Å². The molecule has 7 rings (SSSR count). The summed E-state index contributed by atoms with van der Waals surface area (Å²) >= 11 is 0. The summed E-state index contributed by atoms with van der Waals surface area (Å²) < 4.78 is 2.34. The third kappa shape index (κ3) is 3.68. The van der Waals surface area contributed by atoms with E-state index < -0.39 is 0 Å². The van der Waals surface area contributed by atoms with E-state index in [1.54, 1.807) is 0 Å². The number of fused-ring (bicyclic) bond motifs is 5. The maximum atomic E-state index is 3.66. The van der Waals surface area contributed by atoms with Crippen LogP contribution in [0.25, 0.3) is 33.6 Å². The highest BCUT2D eigenvalue weighted by Gasteiger charge is 2.17. The molecule has 0 unspecified atom stereocenters. The van der Waals surface area contributed by atoms with Crippen LogP contribution in [-0.4, -0.2) is 4.57 Å². The van der Waals surface area contributed by atoms with Crippen molar-refractivity contribution in [3.63, 3.8) is 0 Å². The van der Waals surface area contributed by atoms with Crippen molar-refractivity contribution in [2.75, 3.05) is 10.6 Å². The minimum absolute atomic E-state index is 0.934. The van der Waals surface area contributed by atoms with Gasteiger partial charge in [-0.1, -0.05) is 66.7 Å². The van der Waals surface area contributed by atoms with E-state index in [0.717, 1.165) is 23.5 Å². The summed E-state index contributed by atoms with van der Waals surface area (Å²) in [6, 6.07) is 39.0. The van der Waals surface area contributed by atoms with Gasteiger partial charge in [0.1, 0.15) is 0 Å². The molecule has 6 aromatic rings. The molecular formula is C34H27N3. The van der Waals surface area contributed by atoms with Crippen molar-refractivity contribution in [2.45, 2.75) is 13.3 Å². The van der Waals surface area contributed by atoms with Gasteiger partial charge in [0.15, 0.2) is 0 Å². The molecule has 1 aromatic heterocycles. The fraction of sp³-hybridized carbons (Fsp3) is 0.0588. The Morgan fingerprint density at radius 2 is 1.49 bits per heavy atom. The topological polar surface area (TPSA) is 29.0 Å². The number of anilines is 4. The van der Waals surface area contributed by atoms with Crippen LogP contribution in [0.4, 0.5) is 22.7 Å². The highest BCUT2D eigenvalue weighted by atomic mass is 15.0. The van der Waals surface area contributed by atoms with E-state index in [1.807, 2.05) is 0 Å². The lowest BCUT2D eigenvalue weighted by Gasteiger charge is -2.24. The van der Waals surface area contributed by atoms with Crippen molar-refractivity contribution in [3.8, 4) is 5.69 Å². The molecule has 5 aromatic carbocycles. The summed E-state index contributed by atoms with van der Waals surface area (Å²) in [6.07, 6.45) is 5.22. The molecular weight excluding hydrogens is 450 g/mol. The van der Waals surface area contributed by atoms with Crippen molar-refractivity contribution >= 4 is 50.6 Å². The average molecular weight is 478 g/mol. The first-order valence-corrected chi connectivity index (χ1v) is 12.8. The lowest BCUT2D eigenvalue weighted by atomic mass is 9.93. The van der Waals surface area contributed by atoms with Crippen molar-refractivity contribution < 1.29 is 0 Å². The summed E-state index contributed by atoms with van der Waals surface area (Å²) in [7, 11) is 0. The first kappa shape index (κ1) is 21.5. The SMILES string of the molecule is C/C=C\c1cccc2c1Cc1ccc(Nc3ccc4c(c3)c3ccccc3n4-c3ccccc3)cc1N2. The molecule has 0 aliphatic carbocycles. The molecule has 1 aliphatic rings. The van der Waals surface area contributed by atoms with Crippen LogP contribution in [0.15, 0.2) is 115 Å². The molecule has 0 fully saturated rings. The number of rotatable bonds is 4. The van der Waals surface area contributed by atoms with Gasteiger partial charge in [-0.15, -0.1) is 0 Å². The van der Waals surface area contributed by atoms with Crippen LogP contribution in [0.3, 0.4) is 0 Å². The Morgan fingerprint density at radius 1 is 0.703 bits per heavy atom. The van der Waals surface area contributed by atoms with Crippen molar-refractivity contribution in [3.05, 3.63) is 132 Å². The van der Waals surface area contributed by atoms with Gasteiger partial charge < -0.3 is 15.2 Å². The van der Waals surface area contributed by atoms with Gasteiger partial charge in [-0.3, -0.25) is 0 Å². The molecule has 3 nitrogen and oxygen atoms in total. The molecule has 0 saturated heterocycles. The van der Waals surface area contributed by atoms with Gasteiger partial charge in [-0.05, 0) is 78.2 Å². The average Bonchev–Trinajstić information content (AvgIpc) is 3.27. The third-order valence-electron chi connectivity index (χ3n) is 7.28. The second kappa shape index (κ2) is 8.72. The van der Waals surface area contributed by atoms with Gasteiger partial charge in [0.05, 0.1) is 11.0 Å². The molecule has 0 spiro atoms. The molecule has 0 saturated carbocycles. The molecule has 178 valence electrons. The molecule has 1 aliphatic heterocycles. The number of hydrogen-bond acceptors (Lipinski definition) is 2. The molecule has 0 radical (unpaired) electrons. The second-order valence-corrected chi connectivity index (χ2v) is 9.59. The minimum Gasteiger partial charge on any atom is -0.355 e. The van der Waals surface area contributed by atoms with E-state index in [2.05, 4.69) is 143 Å². The number of nitrogens with zero attached hydrogens (tertiary/aromatic N) is 1. The van der Waals surface area contributed by atoms with Crippen LogP contribution in [0.1, 0.15) is 23.6 Å². The quantitative estimate of drug-likeness (QED) is 0.264. The van der Waals surface area contributed by atoms with E-state index in [1.165, 1.54) is 49.9 Å². The van der Waals surface area contributed by atoms with E-state index in [4.69, 9.17) is 0 Å². The van der Waals surface area contributed by atoms with Crippen molar-refractivity contribution in [1.82, 2.24) is 4.57 Å². The standard InChI is InChI=1S/C34H27N3/c1-2-9-23-10-8-14-31-29(23)20-24-16-17-26(22-32(24)36-31)35-25-18-19-34-30(21-25)28-13-6-7-15-33(28)37(34)27-11-4-3-5-12-27/h2-19,21-22,35-36H,20H2,1H3/b9-2-. The van der Waals surface area contributed by atoms with Gasteiger partial charge in [0.25, 0.3) is 0 Å². The highest BCUT2D eigenvalue weighted by Crippen LogP contribution is 2.38. The first-order valence-electron chi connectivity index (χ1n) is 12.8. The Balaban J connectivity index is 1.25. The maximum Gasteiger partial charge on any atom is 0.0542 e. The molecule has 0 amide bonds. The number of para-hydroxylation sites is 2. The Hall–Kier alpha value is -4.76. The Bertz CT molecular complexity index is 1810. The normalized spacial score (nSPS) is 12.5. The third-order valence-corrected chi connectivity index (χ3v) is 7.28. The summed E-state index contributed by atoms with van der Waals surface area (Å²) in [5, 5.41) is 9.82. The molecule has 0 bridgehead atoms. The zero-order valence-corrected chi connectivity index (χ0v) is 20.7. The molecule has 2 heterocycles. The van der Waals surface area contributed by atoms with Crippen molar-refractivity contribution in [1.29, 1.82) is 0 Å². The van der Waals surface area contributed by atoms with Gasteiger partial charge in [0, 0.05) is 45.6 Å². The zero-order chi connectivity index (χ0) is 24.8. The van der Waals surface area contributed by atoms with Crippen LogP contribution in [0.2, 0.25) is 0 Å². The van der Waals surface area contributed by atoms with Gasteiger partial charge >= 0.3 is 0 Å². The van der Waals surface area contributed by atoms with Gasteiger partial charge in [-0.2, -0.15) is 0 Å². The minimum atomic E-state index is 0.934. The predicted molar refractivity (Wildman–Crippen MR) is 158 cm³/mol. The first-order chi connectivity index (χ1) is 18.3. The molecule has 3 heteroatoms. The monoisotopic (exact) mass is 477 g/mol. The number of aromatic nitrogens is 1. The van der Waals surface area contributed by atoms with Crippen molar-refractivity contribution in [2.24, 2.45) is 0 Å². The Labute approximate surface area is 216 Å². The number of allylic oxidation sites excluding steroid dienone is 1. The Morgan fingerprint density at radius 3 is 2.38 bits per heavy atom. The summed E-state index contributed by atoms with van der Waals surface area (Å²) in [4.78, 5) is 0. The fourth-order valence-corrected chi connectivity index (χ4v) is 5.59.